The maximum absolute atomic E-state index is 9.37. The number of thiazole rings is 1. The van der Waals surface area contributed by atoms with Gasteiger partial charge in [0, 0.05) is 28.4 Å². The molecule has 3 nitrogen and oxygen atoms in total. The molecular formula is C17H10ClN3S. The molecule has 0 unspecified atom stereocenters. The van der Waals surface area contributed by atoms with Gasteiger partial charge in [0.15, 0.2) is 0 Å². The zero-order valence-electron chi connectivity index (χ0n) is 11.4. The Balaban J connectivity index is 1.94. The van der Waals surface area contributed by atoms with Gasteiger partial charge in [0.05, 0.1) is 11.3 Å². The molecule has 2 heterocycles. The summed E-state index contributed by atoms with van der Waals surface area (Å²) in [7, 11) is 0. The Bertz CT molecular complexity index is 846. The van der Waals surface area contributed by atoms with Crippen LogP contribution in [0.4, 0.5) is 0 Å². The van der Waals surface area contributed by atoms with E-state index < -0.39 is 0 Å². The van der Waals surface area contributed by atoms with Gasteiger partial charge in [-0.05, 0) is 29.8 Å². The summed E-state index contributed by atoms with van der Waals surface area (Å²) >= 11 is 7.39. The maximum atomic E-state index is 9.37. The molecule has 0 aliphatic rings. The zero-order chi connectivity index (χ0) is 15.4. The van der Waals surface area contributed by atoms with Gasteiger partial charge in [0.2, 0.25) is 0 Å². The van der Waals surface area contributed by atoms with Gasteiger partial charge < -0.3 is 0 Å². The molecule has 22 heavy (non-hydrogen) atoms. The molecule has 0 aliphatic carbocycles. The maximum Gasteiger partial charge on any atom is 0.124 e. The van der Waals surface area contributed by atoms with Crippen molar-refractivity contribution in [2.45, 2.75) is 0 Å². The lowest BCUT2D eigenvalue weighted by molar-refractivity contribution is 1.31. The van der Waals surface area contributed by atoms with E-state index in [-0.39, 0.29) is 0 Å². The largest absolute Gasteiger partial charge is 0.264 e. The highest BCUT2D eigenvalue weighted by Gasteiger charge is 2.09. The minimum absolute atomic E-state index is 0.518. The smallest absolute Gasteiger partial charge is 0.124 e. The molecule has 5 heteroatoms. The summed E-state index contributed by atoms with van der Waals surface area (Å²) in [5.41, 5.74) is 3.05. The molecular weight excluding hydrogens is 314 g/mol. The highest BCUT2D eigenvalue weighted by atomic mass is 35.5. The normalized spacial score (nSPS) is 11.2. The number of rotatable bonds is 3. The predicted octanol–water partition coefficient (Wildman–Crippen LogP) is 4.92. The second-order valence-electron chi connectivity index (χ2n) is 4.50. The van der Waals surface area contributed by atoms with Gasteiger partial charge in [0.1, 0.15) is 11.1 Å². The van der Waals surface area contributed by atoms with Crippen molar-refractivity contribution in [3.63, 3.8) is 0 Å². The topological polar surface area (TPSA) is 49.6 Å². The molecule has 106 valence electrons. The lowest BCUT2D eigenvalue weighted by Gasteiger charge is -1.97. The molecule has 0 atom stereocenters. The fourth-order valence-corrected chi connectivity index (χ4v) is 2.87. The Labute approximate surface area is 137 Å². The molecule has 3 rings (SSSR count). The molecule has 0 aliphatic heterocycles. The number of hydrogen-bond donors (Lipinski definition) is 0. The molecule has 0 spiro atoms. The summed E-state index contributed by atoms with van der Waals surface area (Å²) in [4.78, 5) is 8.58. The van der Waals surface area contributed by atoms with Crippen LogP contribution in [0.5, 0.6) is 0 Å². The number of hydrogen-bond acceptors (Lipinski definition) is 4. The van der Waals surface area contributed by atoms with E-state index in [4.69, 9.17) is 11.6 Å². The summed E-state index contributed by atoms with van der Waals surface area (Å²) in [5.74, 6) is 0. The average Bonchev–Trinajstić information content (AvgIpc) is 3.04. The third-order valence-corrected chi connectivity index (χ3v) is 4.13. The number of allylic oxidation sites excluding steroid dienone is 1. The summed E-state index contributed by atoms with van der Waals surface area (Å²) in [5, 5.41) is 12.8. The first-order valence-corrected chi connectivity index (χ1v) is 7.76. The van der Waals surface area contributed by atoms with Crippen molar-refractivity contribution < 1.29 is 0 Å². The second-order valence-corrected chi connectivity index (χ2v) is 5.80. The number of aromatic nitrogens is 2. The minimum atomic E-state index is 0.518. The number of nitrogens with zero attached hydrogens (tertiary/aromatic N) is 3. The van der Waals surface area contributed by atoms with Crippen molar-refractivity contribution in [3.05, 3.63) is 70.5 Å². The SMILES string of the molecule is N#C/C(=C/c1cccnc1)c1csc(-c2ccc(Cl)cc2)n1. The highest BCUT2D eigenvalue weighted by molar-refractivity contribution is 7.13. The Morgan fingerprint density at radius 3 is 2.73 bits per heavy atom. The first kappa shape index (κ1) is 14.5. The van der Waals surface area contributed by atoms with Crippen molar-refractivity contribution in [2.75, 3.05) is 0 Å². The van der Waals surface area contributed by atoms with Crippen LogP contribution in [0.1, 0.15) is 11.3 Å². The van der Waals surface area contributed by atoms with Gasteiger partial charge >= 0.3 is 0 Å². The van der Waals surface area contributed by atoms with E-state index in [9.17, 15) is 5.26 Å². The van der Waals surface area contributed by atoms with Crippen LogP contribution in [-0.4, -0.2) is 9.97 Å². The van der Waals surface area contributed by atoms with Crippen molar-refractivity contribution >= 4 is 34.6 Å². The average molecular weight is 324 g/mol. The van der Waals surface area contributed by atoms with Crippen LogP contribution in [-0.2, 0) is 0 Å². The van der Waals surface area contributed by atoms with Gasteiger partial charge in [0.25, 0.3) is 0 Å². The molecule has 2 aromatic heterocycles. The monoisotopic (exact) mass is 323 g/mol. The zero-order valence-corrected chi connectivity index (χ0v) is 13.0. The lowest BCUT2D eigenvalue weighted by Crippen LogP contribution is -1.84. The van der Waals surface area contributed by atoms with Crippen LogP contribution in [0.25, 0.3) is 22.2 Å². The molecule has 0 radical (unpaired) electrons. The number of benzene rings is 1. The molecule has 0 saturated heterocycles. The van der Waals surface area contributed by atoms with Gasteiger partial charge in [-0.3, -0.25) is 4.98 Å². The van der Waals surface area contributed by atoms with Crippen LogP contribution < -0.4 is 0 Å². The first-order valence-electron chi connectivity index (χ1n) is 6.50. The highest BCUT2D eigenvalue weighted by Crippen LogP contribution is 2.28. The Morgan fingerprint density at radius 2 is 2.05 bits per heavy atom. The van der Waals surface area contributed by atoms with E-state index >= 15 is 0 Å². The standard InChI is InChI=1S/C17H10ClN3S/c18-15-5-3-13(4-6-15)17-21-16(11-22-17)14(9-19)8-12-2-1-7-20-10-12/h1-8,10-11H/b14-8-. The molecule has 1 aromatic carbocycles. The molecule has 0 saturated carbocycles. The first-order chi connectivity index (χ1) is 10.8. The van der Waals surface area contributed by atoms with Crippen LogP contribution in [0.2, 0.25) is 5.02 Å². The quantitative estimate of drug-likeness (QED) is 0.642. The van der Waals surface area contributed by atoms with Gasteiger partial charge in [-0.15, -0.1) is 11.3 Å². The fraction of sp³-hybridized carbons (Fsp3) is 0. The summed E-state index contributed by atoms with van der Waals surface area (Å²) in [6.45, 7) is 0. The van der Waals surface area contributed by atoms with Crippen molar-refractivity contribution in [2.24, 2.45) is 0 Å². The summed E-state index contributed by atoms with van der Waals surface area (Å²) in [6.07, 6.45) is 5.20. The summed E-state index contributed by atoms with van der Waals surface area (Å²) < 4.78 is 0. The third-order valence-electron chi connectivity index (χ3n) is 2.99. The molecule has 0 bridgehead atoms. The Hall–Kier alpha value is -2.48. The van der Waals surface area contributed by atoms with E-state index in [1.54, 1.807) is 18.5 Å². The Kier molecular flexibility index (Phi) is 4.29. The van der Waals surface area contributed by atoms with E-state index in [1.807, 2.05) is 41.8 Å². The molecule has 3 aromatic rings. The minimum Gasteiger partial charge on any atom is -0.264 e. The summed E-state index contributed by atoms with van der Waals surface area (Å²) in [6, 6.07) is 13.4. The number of halogens is 1. The predicted molar refractivity (Wildman–Crippen MR) is 90.3 cm³/mol. The van der Waals surface area contributed by atoms with Gasteiger partial charge in [-0.25, -0.2) is 4.98 Å². The van der Waals surface area contributed by atoms with Gasteiger partial charge in [-0.1, -0.05) is 29.8 Å². The van der Waals surface area contributed by atoms with Crippen molar-refractivity contribution in [1.82, 2.24) is 9.97 Å². The Morgan fingerprint density at radius 1 is 1.23 bits per heavy atom. The third kappa shape index (κ3) is 3.22. The number of pyridine rings is 1. The van der Waals surface area contributed by atoms with Crippen molar-refractivity contribution in [1.29, 1.82) is 5.26 Å². The van der Waals surface area contributed by atoms with E-state index in [1.165, 1.54) is 11.3 Å². The molecule has 0 N–H and O–H groups in total. The van der Waals surface area contributed by atoms with Crippen LogP contribution in [0.15, 0.2) is 54.2 Å². The van der Waals surface area contributed by atoms with Crippen LogP contribution in [0.3, 0.4) is 0 Å². The van der Waals surface area contributed by atoms with E-state index in [0.29, 0.717) is 16.3 Å². The van der Waals surface area contributed by atoms with E-state index in [2.05, 4.69) is 16.0 Å². The van der Waals surface area contributed by atoms with Crippen LogP contribution in [0, 0.1) is 11.3 Å². The lowest BCUT2D eigenvalue weighted by atomic mass is 10.1. The van der Waals surface area contributed by atoms with Crippen LogP contribution >= 0.6 is 22.9 Å². The molecule has 0 fully saturated rings. The second kappa shape index (κ2) is 6.52. The van der Waals surface area contributed by atoms with Gasteiger partial charge in [-0.2, -0.15) is 5.26 Å². The van der Waals surface area contributed by atoms with E-state index in [0.717, 1.165) is 16.1 Å². The molecule has 0 amide bonds. The fourth-order valence-electron chi connectivity index (χ4n) is 1.91. The number of nitriles is 1. The van der Waals surface area contributed by atoms with Crippen molar-refractivity contribution in [3.8, 4) is 16.6 Å².